The maximum atomic E-state index is 12.8. The molecule has 5 N–H and O–H groups in total. The molecule has 0 saturated carbocycles. The molecule has 1 amide bonds. The van der Waals surface area contributed by atoms with E-state index in [2.05, 4.69) is 15.2 Å². The number of amides is 1. The minimum absolute atomic E-state index is 0. The first-order valence-corrected chi connectivity index (χ1v) is 10.1. The summed E-state index contributed by atoms with van der Waals surface area (Å²) in [6.45, 7) is 2.83. The van der Waals surface area contributed by atoms with Crippen LogP contribution in [0.15, 0.2) is 36.7 Å². The van der Waals surface area contributed by atoms with Gasteiger partial charge in [-0.15, -0.1) is 0 Å². The van der Waals surface area contributed by atoms with Crippen molar-refractivity contribution in [2.45, 2.75) is 18.6 Å². The lowest BCUT2D eigenvalue weighted by atomic mass is 10.0. The molecule has 1 saturated heterocycles. The lowest BCUT2D eigenvalue weighted by Crippen LogP contribution is -2.55. The van der Waals surface area contributed by atoms with Gasteiger partial charge in [0.25, 0.3) is 5.91 Å². The number of nitrogens with two attached hydrogens (primary N) is 1. The summed E-state index contributed by atoms with van der Waals surface area (Å²) in [5.74, 6) is 0.863. The van der Waals surface area contributed by atoms with Crippen LogP contribution >= 0.6 is 11.6 Å². The third-order valence-electron chi connectivity index (χ3n) is 5.14. The van der Waals surface area contributed by atoms with Gasteiger partial charge in [0.15, 0.2) is 0 Å². The molecule has 0 bridgehead atoms. The average Bonchev–Trinajstić information content (AvgIpc) is 2.76. The van der Waals surface area contributed by atoms with Crippen molar-refractivity contribution in [3.8, 4) is 11.5 Å². The molecule has 10 heteroatoms. The first kappa shape index (κ1) is 24.7. The first-order chi connectivity index (χ1) is 14.5. The summed E-state index contributed by atoms with van der Waals surface area (Å²) in [6, 6.07) is 6.67. The molecular formula is C21H29ClN4O5. The number of nitrogens with one attached hydrogen (secondary N) is 1. The number of hydrogen-bond acceptors (Lipinski definition) is 7. The predicted octanol–water partition coefficient (Wildman–Crippen LogP) is 1.40. The first-order valence-electron chi connectivity index (χ1n) is 9.73. The summed E-state index contributed by atoms with van der Waals surface area (Å²) in [4.78, 5) is 19.1. The van der Waals surface area contributed by atoms with E-state index >= 15 is 0 Å². The van der Waals surface area contributed by atoms with Crippen molar-refractivity contribution in [1.29, 1.82) is 0 Å². The molecule has 1 aromatic carbocycles. The highest BCUT2D eigenvalue weighted by molar-refractivity contribution is 6.33. The van der Waals surface area contributed by atoms with Crippen molar-refractivity contribution in [3.63, 3.8) is 0 Å². The molecule has 1 aromatic heterocycles. The lowest BCUT2D eigenvalue weighted by Gasteiger charge is -2.38. The molecule has 9 nitrogen and oxygen atoms in total. The molecule has 2 atom stereocenters. The highest BCUT2D eigenvalue weighted by atomic mass is 35.5. The average molecular weight is 453 g/mol. The second kappa shape index (κ2) is 11.7. The number of nitrogens with zero attached hydrogens (tertiary/aromatic N) is 2. The summed E-state index contributed by atoms with van der Waals surface area (Å²) >= 11 is 6.09. The second-order valence-electron chi connectivity index (χ2n) is 7.05. The molecule has 1 fully saturated rings. The Balaban J connectivity index is 0.00000341. The molecule has 31 heavy (non-hydrogen) atoms. The number of aromatic nitrogens is 1. The molecule has 1 aliphatic rings. The topological polar surface area (TPSA) is 130 Å². The van der Waals surface area contributed by atoms with E-state index in [9.17, 15) is 4.79 Å². The number of anilines is 1. The Morgan fingerprint density at radius 3 is 2.87 bits per heavy atom. The minimum Gasteiger partial charge on any atom is -0.496 e. The number of halogens is 1. The van der Waals surface area contributed by atoms with Gasteiger partial charge in [-0.1, -0.05) is 11.6 Å². The molecule has 3 rings (SSSR count). The van der Waals surface area contributed by atoms with Crippen LogP contribution in [0, 0.1) is 0 Å². The van der Waals surface area contributed by atoms with Gasteiger partial charge in [0.05, 0.1) is 41.7 Å². The Labute approximate surface area is 186 Å². The van der Waals surface area contributed by atoms with Crippen molar-refractivity contribution in [2.24, 2.45) is 0 Å². The molecular weight excluding hydrogens is 424 g/mol. The molecule has 0 aliphatic carbocycles. The van der Waals surface area contributed by atoms with Crippen molar-refractivity contribution in [3.05, 3.63) is 47.2 Å². The monoisotopic (exact) mass is 452 g/mol. The molecule has 170 valence electrons. The Morgan fingerprint density at radius 2 is 2.19 bits per heavy atom. The van der Waals surface area contributed by atoms with Gasteiger partial charge in [-0.3, -0.25) is 14.7 Å². The van der Waals surface area contributed by atoms with E-state index < -0.39 is 0 Å². The van der Waals surface area contributed by atoms with Crippen LogP contribution in [-0.4, -0.2) is 73.9 Å². The van der Waals surface area contributed by atoms with Crippen molar-refractivity contribution >= 4 is 23.2 Å². The highest BCUT2D eigenvalue weighted by Crippen LogP contribution is 2.29. The van der Waals surface area contributed by atoms with Crippen LogP contribution in [0.25, 0.3) is 0 Å². The van der Waals surface area contributed by atoms with E-state index in [4.69, 9.17) is 31.5 Å². The molecule has 2 heterocycles. The van der Waals surface area contributed by atoms with Gasteiger partial charge in [-0.2, -0.15) is 0 Å². The van der Waals surface area contributed by atoms with Crippen LogP contribution in [0.4, 0.5) is 5.69 Å². The van der Waals surface area contributed by atoms with Crippen molar-refractivity contribution in [2.75, 3.05) is 46.2 Å². The molecule has 0 spiro atoms. The number of pyridine rings is 1. The van der Waals surface area contributed by atoms with Crippen LogP contribution in [-0.2, 0) is 4.74 Å². The minimum atomic E-state index is -0.269. The van der Waals surface area contributed by atoms with Gasteiger partial charge >= 0.3 is 0 Å². The zero-order chi connectivity index (χ0) is 21.5. The third kappa shape index (κ3) is 6.44. The van der Waals surface area contributed by atoms with Crippen molar-refractivity contribution < 1.29 is 24.5 Å². The fourth-order valence-electron chi connectivity index (χ4n) is 3.47. The van der Waals surface area contributed by atoms with Gasteiger partial charge < -0.3 is 30.7 Å². The Bertz CT molecular complexity index is 855. The SMILES string of the molecule is COc1cc(N)c(Cl)cc1C(=O)N[C@H]1CCN(CCOc2cccnc2)C[C@H]1OC.O. The zero-order valence-corrected chi connectivity index (χ0v) is 18.4. The second-order valence-corrected chi connectivity index (χ2v) is 7.46. The largest absolute Gasteiger partial charge is 0.496 e. The maximum Gasteiger partial charge on any atom is 0.255 e. The Kier molecular flexibility index (Phi) is 9.32. The van der Waals surface area contributed by atoms with Crippen LogP contribution in [0.2, 0.25) is 5.02 Å². The van der Waals surface area contributed by atoms with Crippen LogP contribution < -0.4 is 20.5 Å². The van der Waals surface area contributed by atoms with Crippen LogP contribution in [0.3, 0.4) is 0 Å². The number of carbonyl (C=O) groups is 1. The summed E-state index contributed by atoms with van der Waals surface area (Å²) in [5, 5.41) is 3.36. The maximum absolute atomic E-state index is 12.8. The molecule has 1 aliphatic heterocycles. The summed E-state index contributed by atoms with van der Waals surface area (Å²) in [7, 11) is 3.14. The van der Waals surface area contributed by atoms with Gasteiger partial charge in [0.2, 0.25) is 0 Å². The number of methoxy groups -OCH3 is 2. The number of rotatable bonds is 8. The fraction of sp³-hybridized carbons (Fsp3) is 0.429. The van der Waals surface area contributed by atoms with Gasteiger partial charge in [-0.05, 0) is 24.6 Å². The van der Waals surface area contributed by atoms with Gasteiger partial charge in [0, 0.05) is 39.0 Å². The lowest BCUT2D eigenvalue weighted by molar-refractivity contribution is 0.00321. The normalized spacial score (nSPS) is 18.7. The third-order valence-corrected chi connectivity index (χ3v) is 5.46. The predicted molar refractivity (Wildman–Crippen MR) is 119 cm³/mol. The van der Waals surface area contributed by atoms with Crippen LogP contribution in [0.5, 0.6) is 11.5 Å². The van der Waals surface area contributed by atoms with Gasteiger partial charge in [-0.25, -0.2) is 0 Å². The number of carbonyl (C=O) groups excluding carboxylic acids is 1. The summed E-state index contributed by atoms with van der Waals surface area (Å²) in [6.07, 6.45) is 4.01. The summed E-state index contributed by atoms with van der Waals surface area (Å²) < 4.78 is 16.7. The molecule has 0 radical (unpaired) electrons. The van der Waals surface area contributed by atoms with E-state index in [0.29, 0.717) is 35.2 Å². The number of nitrogen functional groups attached to an aromatic ring is 1. The number of benzene rings is 1. The number of hydrogen-bond donors (Lipinski definition) is 2. The quantitative estimate of drug-likeness (QED) is 0.579. The van der Waals surface area contributed by atoms with E-state index in [1.165, 1.54) is 13.2 Å². The van der Waals surface area contributed by atoms with E-state index in [1.807, 2.05) is 12.1 Å². The van der Waals surface area contributed by atoms with Gasteiger partial charge in [0.1, 0.15) is 18.1 Å². The fourth-order valence-corrected chi connectivity index (χ4v) is 3.64. The van der Waals surface area contributed by atoms with E-state index in [0.717, 1.165) is 25.3 Å². The number of ether oxygens (including phenoxy) is 3. The van der Waals surface area contributed by atoms with E-state index in [1.54, 1.807) is 25.6 Å². The highest BCUT2D eigenvalue weighted by Gasteiger charge is 2.31. The number of likely N-dealkylation sites (tertiary alicyclic amines) is 1. The molecule has 2 aromatic rings. The Morgan fingerprint density at radius 1 is 1.39 bits per heavy atom. The molecule has 0 unspecified atom stereocenters. The standard InChI is InChI=1S/C21H27ClN4O4.H2O/c1-28-19-11-17(23)16(22)10-15(19)21(27)25-18-5-7-26(13-20(18)29-2)8-9-30-14-4-3-6-24-12-14;/h3-4,6,10-12,18,20H,5,7-9,13,23H2,1-2H3,(H,25,27);1H2/t18-,20+;/m0./s1. The zero-order valence-electron chi connectivity index (χ0n) is 17.6. The van der Waals surface area contributed by atoms with E-state index in [-0.39, 0.29) is 23.5 Å². The number of piperidine rings is 1. The van der Waals surface area contributed by atoms with Crippen molar-refractivity contribution in [1.82, 2.24) is 15.2 Å². The smallest absolute Gasteiger partial charge is 0.255 e. The summed E-state index contributed by atoms with van der Waals surface area (Å²) in [5.41, 5.74) is 6.51. The van der Waals surface area contributed by atoms with Crippen LogP contribution in [0.1, 0.15) is 16.8 Å². The Hall–Kier alpha value is -2.59.